The molecule has 2 aliphatic rings. The highest BCUT2D eigenvalue weighted by molar-refractivity contribution is 7.99. The highest BCUT2D eigenvalue weighted by atomic mass is 35.5. The van der Waals surface area contributed by atoms with E-state index in [9.17, 15) is 22.8 Å². The van der Waals surface area contributed by atoms with Gasteiger partial charge in [0.2, 0.25) is 0 Å². The number of anilines is 1. The molecule has 13 heteroatoms. The minimum atomic E-state index is -1.15. The Labute approximate surface area is 225 Å². The van der Waals surface area contributed by atoms with Crippen LogP contribution in [0.2, 0.25) is 5.02 Å². The SMILES string of the molecule is S.[C-]#[N+][C@@H]1CN(c2nc(=O)n3c4c(c(-c5ccc(F)cc5F)c(Cl)cc24)SCC3)CCN1C(=O)C(=C)F. The summed E-state index contributed by atoms with van der Waals surface area (Å²) in [5, 5.41) is 0.710. The maximum Gasteiger partial charge on any atom is 0.350 e. The maximum atomic E-state index is 14.8. The van der Waals surface area contributed by atoms with Crippen LogP contribution in [0.3, 0.4) is 0 Å². The number of amides is 1. The molecule has 0 aliphatic carbocycles. The Kier molecular flexibility index (Phi) is 7.50. The molecule has 7 nitrogen and oxygen atoms in total. The predicted molar refractivity (Wildman–Crippen MR) is 142 cm³/mol. The average molecular weight is 566 g/mol. The van der Waals surface area contributed by atoms with Crippen molar-refractivity contribution >= 4 is 59.5 Å². The van der Waals surface area contributed by atoms with E-state index in [1.54, 1.807) is 11.0 Å². The molecule has 0 unspecified atom stereocenters. The van der Waals surface area contributed by atoms with Gasteiger partial charge in [-0.15, -0.1) is 11.8 Å². The van der Waals surface area contributed by atoms with Gasteiger partial charge < -0.3 is 4.90 Å². The van der Waals surface area contributed by atoms with E-state index >= 15 is 0 Å². The lowest BCUT2D eigenvalue weighted by Gasteiger charge is -2.36. The van der Waals surface area contributed by atoms with Gasteiger partial charge in [0.05, 0.1) is 10.5 Å². The molecular formula is C24H19ClF3N5O2S2. The van der Waals surface area contributed by atoms with Gasteiger partial charge in [0.15, 0.2) is 5.83 Å². The Morgan fingerprint density at radius 3 is 2.68 bits per heavy atom. The number of nitrogens with zero attached hydrogens (tertiary/aromatic N) is 5. The zero-order valence-electron chi connectivity index (χ0n) is 19.1. The van der Waals surface area contributed by atoms with Crippen LogP contribution in [0.5, 0.6) is 0 Å². The Morgan fingerprint density at radius 2 is 2.00 bits per heavy atom. The van der Waals surface area contributed by atoms with Gasteiger partial charge in [-0.25, -0.2) is 24.5 Å². The molecule has 192 valence electrons. The first-order valence-corrected chi connectivity index (χ1v) is 12.2. The Bertz CT molecular complexity index is 1560. The van der Waals surface area contributed by atoms with Crippen LogP contribution in [0, 0.1) is 18.2 Å². The second kappa shape index (κ2) is 10.3. The van der Waals surface area contributed by atoms with Crippen molar-refractivity contribution in [2.24, 2.45) is 0 Å². The summed E-state index contributed by atoms with van der Waals surface area (Å²) in [5.41, 5.74) is 0.450. The second-order valence-electron chi connectivity index (χ2n) is 8.26. The number of benzene rings is 2. The summed E-state index contributed by atoms with van der Waals surface area (Å²) in [6.07, 6.45) is -1.01. The van der Waals surface area contributed by atoms with Gasteiger partial charge in [0, 0.05) is 52.9 Å². The largest absolute Gasteiger partial charge is 0.350 e. The standard InChI is InChI=1S/C24H17ClF3N5O2S.H2S/c1-12(26)23(34)32-6-5-31(11-18(32)29-2)22-15-10-16(25)19(14-4-3-13(27)9-17(14)28)21-20(15)33(7-8-36-21)24(35)30-22;/h3-4,9-10,18H,1,5-8,11H2;1H2/t18-;/m0./s1. The van der Waals surface area contributed by atoms with E-state index in [2.05, 4.69) is 16.4 Å². The highest BCUT2D eigenvalue weighted by Crippen LogP contribution is 2.46. The lowest BCUT2D eigenvalue weighted by molar-refractivity contribution is -0.130. The van der Waals surface area contributed by atoms with Crippen LogP contribution in [0.25, 0.3) is 26.9 Å². The van der Waals surface area contributed by atoms with Crippen LogP contribution >= 0.6 is 36.9 Å². The summed E-state index contributed by atoms with van der Waals surface area (Å²) < 4.78 is 43.3. The zero-order chi connectivity index (χ0) is 25.7. The zero-order valence-corrected chi connectivity index (χ0v) is 21.7. The molecule has 0 bridgehead atoms. The summed E-state index contributed by atoms with van der Waals surface area (Å²) in [4.78, 5) is 36.2. The Hall–Kier alpha value is -3.14. The molecule has 37 heavy (non-hydrogen) atoms. The molecule has 0 spiro atoms. The number of carbonyl (C=O) groups is 1. The molecule has 3 aromatic rings. The van der Waals surface area contributed by atoms with Gasteiger partial charge in [-0.3, -0.25) is 19.1 Å². The number of thioether (sulfide) groups is 1. The van der Waals surface area contributed by atoms with Crippen LogP contribution in [0.4, 0.5) is 19.0 Å². The van der Waals surface area contributed by atoms with Crippen molar-refractivity contribution in [3.05, 3.63) is 75.2 Å². The molecule has 1 amide bonds. The van der Waals surface area contributed by atoms with Crippen LogP contribution in [0.1, 0.15) is 0 Å². The van der Waals surface area contributed by atoms with E-state index in [0.29, 0.717) is 33.7 Å². The first-order valence-electron chi connectivity index (χ1n) is 10.8. The normalized spacial score (nSPS) is 16.8. The van der Waals surface area contributed by atoms with E-state index in [1.165, 1.54) is 22.4 Å². The average Bonchev–Trinajstić information content (AvgIpc) is 2.86. The number of aromatic nitrogens is 2. The van der Waals surface area contributed by atoms with E-state index in [0.717, 1.165) is 17.0 Å². The first kappa shape index (κ1) is 26.9. The number of rotatable bonds is 3. The number of halogens is 4. The van der Waals surface area contributed by atoms with Crippen molar-refractivity contribution in [3.8, 4) is 11.1 Å². The van der Waals surface area contributed by atoms with Crippen LogP contribution in [0.15, 0.2) is 46.4 Å². The Morgan fingerprint density at radius 1 is 1.24 bits per heavy atom. The first-order chi connectivity index (χ1) is 17.2. The number of hydrogen-bond donors (Lipinski definition) is 0. The lowest BCUT2D eigenvalue weighted by atomic mass is 10.0. The molecule has 1 fully saturated rings. The van der Waals surface area contributed by atoms with Gasteiger partial charge in [-0.1, -0.05) is 18.2 Å². The molecule has 0 radical (unpaired) electrons. The Balaban J connectivity index is 0.00000320. The monoisotopic (exact) mass is 565 g/mol. The number of piperazine rings is 1. The smallest absolute Gasteiger partial charge is 0.344 e. The van der Waals surface area contributed by atoms with Gasteiger partial charge in [0.1, 0.15) is 24.0 Å². The molecule has 2 aliphatic heterocycles. The summed E-state index contributed by atoms with van der Waals surface area (Å²) in [6.45, 7) is 11.1. The molecule has 1 aromatic heterocycles. The van der Waals surface area contributed by atoms with Gasteiger partial charge >= 0.3 is 11.9 Å². The van der Waals surface area contributed by atoms with Crippen molar-refractivity contribution in [1.82, 2.24) is 14.5 Å². The number of carbonyl (C=O) groups excluding carboxylic acids is 1. The van der Waals surface area contributed by atoms with Gasteiger partial charge in [0.25, 0.3) is 5.91 Å². The summed E-state index contributed by atoms with van der Waals surface area (Å²) >= 11 is 8.06. The number of hydrogen-bond acceptors (Lipinski definition) is 5. The third-order valence-corrected chi connectivity index (χ3v) is 7.58. The lowest BCUT2D eigenvalue weighted by Crippen LogP contribution is -2.54. The van der Waals surface area contributed by atoms with Gasteiger partial charge in [-0.05, 0) is 18.2 Å². The second-order valence-corrected chi connectivity index (χ2v) is 9.77. The minimum absolute atomic E-state index is 0. The van der Waals surface area contributed by atoms with Crippen LogP contribution < -0.4 is 10.6 Å². The van der Waals surface area contributed by atoms with E-state index in [4.69, 9.17) is 18.2 Å². The maximum absolute atomic E-state index is 14.8. The van der Waals surface area contributed by atoms with Crippen LogP contribution in [-0.4, -0.2) is 51.9 Å². The fourth-order valence-electron chi connectivity index (χ4n) is 4.59. The third-order valence-electron chi connectivity index (χ3n) is 6.21. The topological polar surface area (TPSA) is 62.8 Å². The molecular weight excluding hydrogens is 547 g/mol. The van der Waals surface area contributed by atoms with E-state index in [-0.39, 0.29) is 49.5 Å². The summed E-state index contributed by atoms with van der Waals surface area (Å²) in [7, 11) is 0. The molecule has 3 heterocycles. The van der Waals surface area contributed by atoms with Crippen LogP contribution in [-0.2, 0) is 11.3 Å². The molecule has 0 saturated carbocycles. The van der Waals surface area contributed by atoms with Crippen molar-refractivity contribution in [1.29, 1.82) is 0 Å². The quantitative estimate of drug-likeness (QED) is 0.343. The molecule has 2 aromatic carbocycles. The molecule has 5 rings (SSSR count). The number of aryl methyl sites for hydroxylation is 1. The fraction of sp³-hybridized carbons (Fsp3) is 0.250. The van der Waals surface area contributed by atoms with Crippen molar-refractivity contribution < 1.29 is 18.0 Å². The van der Waals surface area contributed by atoms with Crippen molar-refractivity contribution in [3.63, 3.8) is 0 Å². The van der Waals surface area contributed by atoms with E-state index < -0.39 is 35.2 Å². The summed E-state index contributed by atoms with van der Waals surface area (Å²) in [6, 6.07) is 4.81. The summed E-state index contributed by atoms with van der Waals surface area (Å²) in [5.74, 6) is -2.82. The minimum Gasteiger partial charge on any atom is -0.344 e. The third kappa shape index (κ3) is 4.56. The molecule has 0 N–H and O–H groups in total. The predicted octanol–water partition coefficient (Wildman–Crippen LogP) is 4.59. The van der Waals surface area contributed by atoms with E-state index in [1.807, 2.05) is 0 Å². The molecule has 1 saturated heterocycles. The molecule has 1 atom stereocenters. The van der Waals surface area contributed by atoms with Crippen molar-refractivity contribution in [2.75, 3.05) is 30.3 Å². The van der Waals surface area contributed by atoms with Crippen molar-refractivity contribution in [2.45, 2.75) is 17.6 Å². The van der Waals surface area contributed by atoms with Gasteiger partial charge in [-0.2, -0.15) is 18.5 Å². The fourth-order valence-corrected chi connectivity index (χ4v) is 6.15. The highest BCUT2D eigenvalue weighted by Gasteiger charge is 2.37.